The van der Waals surface area contributed by atoms with Gasteiger partial charge in [0.2, 0.25) is 11.6 Å². The summed E-state index contributed by atoms with van der Waals surface area (Å²) in [5.41, 5.74) is -3.92. The van der Waals surface area contributed by atoms with Gasteiger partial charge in [-0.25, -0.2) is 0 Å². The zero-order chi connectivity index (χ0) is 15.8. The SMILES string of the molecule is CCOP(=S)(OCC)SCC(=O)N[C@@](C)(CC)C(=O)[O-]. The van der Waals surface area contributed by atoms with Crippen LogP contribution in [-0.2, 0) is 30.4 Å². The Balaban J connectivity index is 4.54. The lowest BCUT2D eigenvalue weighted by Gasteiger charge is -2.30. The lowest BCUT2D eigenvalue weighted by molar-refractivity contribution is -0.313. The van der Waals surface area contributed by atoms with Crippen LogP contribution in [0.25, 0.3) is 0 Å². The third-order valence-corrected chi connectivity index (χ3v) is 7.91. The van der Waals surface area contributed by atoms with Crippen molar-refractivity contribution >= 4 is 40.8 Å². The van der Waals surface area contributed by atoms with E-state index in [0.717, 1.165) is 11.4 Å². The number of hydrogen-bond acceptors (Lipinski definition) is 7. The molecule has 0 aromatic heterocycles. The molecule has 0 aromatic rings. The number of carbonyl (C=O) groups excluding carboxylic acids is 2. The molecule has 0 fully saturated rings. The van der Waals surface area contributed by atoms with E-state index in [1.807, 2.05) is 0 Å². The molecule has 0 radical (unpaired) electrons. The first-order valence-electron chi connectivity index (χ1n) is 6.29. The summed E-state index contributed by atoms with van der Waals surface area (Å²) in [6.45, 7) is 7.46. The topological polar surface area (TPSA) is 87.7 Å². The van der Waals surface area contributed by atoms with Crippen molar-refractivity contribution in [3.8, 4) is 0 Å². The summed E-state index contributed by atoms with van der Waals surface area (Å²) >= 11 is 6.36. The molecule has 0 aliphatic carbocycles. The van der Waals surface area contributed by atoms with Crippen LogP contribution < -0.4 is 10.4 Å². The summed E-state index contributed by atoms with van der Waals surface area (Å²) < 4.78 is 10.8. The molecule has 0 spiro atoms. The van der Waals surface area contributed by atoms with Crippen LogP contribution in [0.15, 0.2) is 0 Å². The largest absolute Gasteiger partial charge is 0.548 e. The van der Waals surface area contributed by atoms with Crippen molar-refractivity contribution in [2.75, 3.05) is 19.0 Å². The maximum atomic E-state index is 11.8. The van der Waals surface area contributed by atoms with Crippen molar-refractivity contribution in [2.45, 2.75) is 39.7 Å². The maximum Gasteiger partial charge on any atom is 0.247 e. The van der Waals surface area contributed by atoms with Crippen LogP contribution in [0.4, 0.5) is 0 Å². The molecule has 0 saturated carbocycles. The van der Waals surface area contributed by atoms with Crippen molar-refractivity contribution < 1.29 is 23.7 Å². The fourth-order valence-electron chi connectivity index (χ4n) is 1.19. The first kappa shape index (κ1) is 19.9. The van der Waals surface area contributed by atoms with Crippen LogP contribution in [0.1, 0.15) is 34.1 Å². The summed E-state index contributed by atoms with van der Waals surface area (Å²) in [4.78, 5) is 22.8. The minimum atomic E-state index is -2.54. The molecule has 0 bridgehead atoms. The van der Waals surface area contributed by atoms with E-state index in [2.05, 4.69) is 5.32 Å². The van der Waals surface area contributed by atoms with Gasteiger partial charge >= 0.3 is 0 Å². The highest BCUT2D eigenvalue weighted by Crippen LogP contribution is 2.60. The van der Waals surface area contributed by atoms with Gasteiger partial charge in [0.15, 0.2) is 0 Å². The molecule has 0 aliphatic heterocycles. The molecule has 1 atom stereocenters. The molecule has 6 nitrogen and oxygen atoms in total. The lowest BCUT2D eigenvalue weighted by atomic mass is 9.99. The normalized spacial score (nSPS) is 14.6. The Kier molecular flexibility index (Phi) is 8.93. The van der Waals surface area contributed by atoms with Gasteiger partial charge in [0.1, 0.15) is 0 Å². The fraction of sp³-hybridized carbons (Fsp3) is 0.818. The zero-order valence-corrected chi connectivity index (χ0v) is 14.7. The minimum absolute atomic E-state index is 0.0137. The zero-order valence-electron chi connectivity index (χ0n) is 12.1. The van der Waals surface area contributed by atoms with Gasteiger partial charge < -0.3 is 24.3 Å². The second-order valence-electron chi connectivity index (χ2n) is 4.08. The van der Waals surface area contributed by atoms with E-state index in [4.69, 9.17) is 20.9 Å². The van der Waals surface area contributed by atoms with Crippen molar-refractivity contribution in [1.82, 2.24) is 5.32 Å². The van der Waals surface area contributed by atoms with Crippen LogP contribution in [0, 0.1) is 0 Å². The van der Waals surface area contributed by atoms with Crippen LogP contribution >= 0.6 is 17.1 Å². The third-order valence-electron chi connectivity index (χ3n) is 2.50. The van der Waals surface area contributed by atoms with Gasteiger partial charge in [-0.05, 0) is 39.0 Å². The number of carbonyl (C=O) groups is 2. The van der Waals surface area contributed by atoms with Gasteiger partial charge in [0.05, 0.1) is 30.5 Å². The molecule has 20 heavy (non-hydrogen) atoms. The molecule has 0 rings (SSSR count). The van der Waals surface area contributed by atoms with Crippen molar-refractivity contribution in [3.05, 3.63) is 0 Å². The van der Waals surface area contributed by atoms with E-state index >= 15 is 0 Å². The number of hydrogen-bond donors (Lipinski definition) is 1. The Morgan fingerprint density at radius 2 is 1.80 bits per heavy atom. The van der Waals surface area contributed by atoms with E-state index in [0.29, 0.717) is 13.2 Å². The Morgan fingerprint density at radius 3 is 2.15 bits per heavy atom. The van der Waals surface area contributed by atoms with Crippen LogP contribution in [0.3, 0.4) is 0 Å². The van der Waals surface area contributed by atoms with Crippen molar-refractivity contribution in [2.24, 2.45) is 0 Å². The van der Waals surface area contributed by atoms with Crippen LogP contribution in [-0.4, -0.2) is 36.4 Å². The smallest absolute Gasteiger partial charge is 0.247 e. The number of carboxylic acids is 1. The summed E-state index contributed by atoms with van der Waals surface area (Å²) in [6, 6.07) is 0. The fourth-order valence-corrected chi connectivity index (χ4v) is 5.41. The standard InChI is InChI=1S/C11H22NO5PS2/c1-5-11(4,10(14)15)12-9(13)8-20-18(19,16-6-2)17-7-3/h5-8H2,1-4H3,(H,12,13)(H,14,15)/p-1/t11-/m0/s1. The van der Waals surface area contributed by atoms with Gasteiger partial charge in [0.25, 0.3) is 0 Å². The number of aliphatic carboxylic acids is 1. The predicted octanol–water partition coefficient (Wildman–Crippen LogP) is 1.05. The number of amides is 1. The van der Waals surface area contributed by atoms with Crippen LogP contribution in [0.2, 0.25) is 0 Å². The van der Waals surface area contributed by atoms with E-state index in [-0.39, 0.29) is 12.2 Å². The highest BCUT2D eigenvalue weighted by molar-refractivity contribution is 8.68. The summed E-state index contributed by atoms with van der Waals surface area (Å²) in [7, 11) is 0. The molecule has 9 heteroatoms. The van der Waals surface area contributed by atoms with Crippen molar-refractivity contribution in [1.29, 1.82) is 0 Å². The first-order chi connectivity index (χ1) is 9.23. The van der Waals surface area contributed by atoms with Gasteiger partial charge in [-0.15, -0.1) is 0 Å². The maximum absolute atomic E-state index is 11.8. The van der Waals surface area contributed by atoms with Gasteiger partial charge in [0, 0.05) is 0 Å². The Morgan fingerprint density at radius 1 is 1.30 bits per heavy atom. The first-order valence-corrected chi connectivity index (χ1v) is 10.5. The van der Waals surface area contributed by atoms with E-state index in [1.54, 1.807) is 20.8 Å². The van der Waals surface area contributed by atoms with Gasteiger partial charge in [-0.2, -0.15) is 0 Å². The van der Waals surface area contributed by atoms with E-state index < -0.39 is 23.1 Å². The van der Waals surface area contributed by atoms with E-state index in [9.17, 15) is 14.7 Å². The molecule has 0 heterocycles. The highest BCUT2D eigenvalue weighted by atomic mass is 32.9. The Bertz CT molecular complexity index is 383. The molecule has 118 valence electrons. The summed E-state index contributed by atoms with van der Waals surface area (Å²) in [5, 5.41) is 13.4. The summed E-state index contributed by atoms with van der Waals surface area (Å²) in [5.74, 6) is -1.76. The predicted molar refractivity (Wildman–Crippen MR) is 81.8 cm³/mol. The number of carboxylic acid groups (broad SMARTS) is 1. The number of nitrogens with one attached hydrogen (secondary N) is 1. The second-order valence-corrected chi connectivity index (χ2v) is 10.4. The van der Waals surface area contributed by atoms with Gasteiger partial charge in [-0.1, -0.05) is 18.3 Å². The molecule has 1 N–H and O–H groups in total. The molecule has 0 unspecified atom stereocenters. The Labute approximate surface area is 128 Å². The molecular formula is C11H21NO5PS2-. The number of rotatable bonds is 10. The molecule has 0 aliphatic rings. The highest BCUT2D eigenvalue weighted by Gasteiger charge is 2.27. The van der Waals surface area contributed by atoms with Crippen molar-refractivity contribution in [3.63, 3.8) is 0 Å². The monoisotopic (exact) mass is 342 g/mol. The van der Waals surface area contributed by atoms with Gasteiger partial charge in [-0.3, -0.25) is 4.79 Å². The third kappa shape index (κ3) is 6.54. The van der Waals surface area contributed by atoms with Crippen LogP contribution in [0.5, 0.6) is 0 Å². The molecule has 1 amide bonds. The minimum Gasteiger partial charge on any atom is -0.548 e. The molecular weight excluding hydrogens is 321 g/mol. The average Bonchev–Trinajstić information content (AvgIpc) is 2.37. The molecule has 0 aromatic carbocycles. The lowest BCUT2D eigenvalue weighted by Crippen LogP contribution is -2.58. The Hall–Kier alpha value is -0.140. The molecule has 0 saturated heterocycles. The second kappa shape index (κ2) is 9.00. The average molecular weight is 342 g/mol. The quantitative estimate of drug-likeness (QED) is 0.594. The summed E-state index contributed by atoms with van der Waals surface area (Å²) in [6.07, 6.45) is 0.233. The van der Waals surface area contributed by atoms with E-state index in [1.165, 1.54) is 6.92 Å².